The minimum Gasteiger partial charge on any atom is -0.379 e. The molecule has 3 atom stereocenters. The number of rotatable bonds is 7. The van der Waals surface area contributed by atoms with Crippen LogP contribution in [0.5, 0.6) is 0 Å². The minimum atomic E-state index is -4.41. The van der Waals surface area contributed by atoms with Crippen LogP contribution in [-0.4, -0.2) is 44.5 Å². The van der Waals surface area contributed by atoms with Gasteiger partial charge in [-0.05, 0) is 63.0 Å². The average Bonchev–Trinajstić information content (AvgIpc) is 3.33. The summed E-state index contributed by atoms with van der Waals surface area (Å²) in [7, 11) is -0.231. The molecule has 1 N–H and O–H groups in total. The molecular weight excluding hydrogens is 550 g/mol. The Hall–Kier alpha value is -2.21. The standard InChI is InChI=1S/C25H26ClF4N3O2S2/c1-33(2)22-11-16(15-4-3-5-17(10-15)25(28,29)30)6-7-20(22)32-21-13-19(27)23(12-18(21)26)37(34,35)14-24-31-8-9-36-24/h3-5,8-10,12-13,16,20,22,32H,6-7,11,14H2,1-2H3/t16-,20+,22+/m1/s1. The second-order valence-electron chi connectivity index (χ2n) is 9.36. The van der Waals surface area contributed by atoms with E-state index in [-0.39, 0.29) is 28.7 Å². The molecule has 0 unspecified atom stereocenters. The van der Waals surface area contributed by atoms with Crippen molar-refractivity contribution in [2.45, 2.75) is 54.1 Å². The van der Waals surface area contributed by atoms with Crippen LogP contribution in [0.25, 0.3) is 0 Å². The summed E-state index contributed by atoms with van der Waals surface area (Å²) >= 11 is 7.56. The van der Waals surface area contributed by atoms with Gasteiger partial charge in [0.15, 0.2) is 9.84 Å². The number of aromatic nitrogens is 1. The third-order valence-electron chi connectivity index (χ3n) is 6.66. The molecule has 1 saturated carbocycles. The van der Waals surface area contributed by atoms with Crippen LogP contribution in [-0.2, 0) is 21.8 Å². The van der Waals surface area contributed by atoms with E-state index in [9.17, 15) is 26.0 Å². The molecule has 0 saturated heterocycles. The smallest absolute Gasteiger partial charge is 0.379 e. The molecule has 1 fully saturated rings. The summed E-state index contributed by atoms with van der Waals surface area (Å²) in [5.74, 6) is -1.41. The maximum atomic E-state index is 15.0. The summed E-state index contributed by atoms with van der Waals surface area (Å²) in [6.45, 7) is 0. The number of thiazole rings is 1. The first-order valence-electron chi connectivity index (χ1n) is 11.6. The van der Waals surface area contributed by atoms with Crippen LogP contribution >= 0.6 is 22.9 Å². The van der Waals surface area contributed by atoms with E-state index in [1.807, 2.05) is 19.0 Å². The summed E-state index contributed by atoms with van der Waals surface area (Å²) in [5.41, 5.74) is 0.236. The van der Waals surface area contributed by atoms with Gasteiger partial charge in [-0.1, -0.05) is 29.8 Å². The zero-order chi connectivity index (χ0) is 27.0. The lowest BCUT2D eigenvalue weighted by atomic mass is 9.78. The van der Waals surface area contributed by atoms with E-state index in [2.05, 4.69) is 10.3 Å². The van der Waals surface area contributed by atoms with Crippen molar-refractivity contribution < 1.29 is 26.0 Å². The molecule has 3 aromatic rings. The number of alkyl halides is 3. The first kappa shape index (κ1) is 27.8. The normalized spacial score (nSPS) is 20.8. The van der Waals surface area contributed by atoms with E-state index < -0.39 is 38.0 Å². The fourth-order valence-corrected chi connectivity index (χ4v) is 7.43. The fourth-order valence-electron chi connectivity index (χ4n) is 4.80. The van der Waals surface area contributed by atoms with Gasteiger partial charge in [0, 0.05) is 23.7 Å². The Bertz CT molecular complexity index is 1350. The highest BCUT2D eigenvalue weighted by Crippen LogP contribution is 2.39. The molecule has 0 spiro atoms. The van der Waals surface area contributed by atoms with Gasteiger partial charge in [-0.25, -0.2) is 17.8 Å². The number of anilines is 1. The first-order valence-corrected chi connectivity index (χ1v) is 14.5. The molecule has 1 heterocycles. The number of hydrogen-bond donors (Lipinski definition) is 1. The summed E-state index contributed by atoms with van der Waals surface area (Å²) in [6.07, 6.45) is -1.10. The van der Waals surface area contributed by atoms with Crippen molar-refractivity contribution in [2.24, 2.45) is 0 Å². The highest BCUT2D eigenvalue weighted by molar-refractivity contribution is 7.90. The van der Waals surface area contributed by atoms with E-state index in [0.29, 0.717) is 29.8 Å². The van der Waals surface area contributed by atoms with Gasteiger partial charge in [0.05, 0.1) is 16.3 Å². The maximum absolute atomic E-state index is 15.0. The van der Waals surface area contributed by atoms with Crippen LogP contribution in [0, 0.1) is 5.82 Å². The molecule has 37 heavy (non-hydrogen) atoms. The van der Waals surface area contributed by atoms with Crippen molar-refractivity contribution in [1.29, 1.82) is 0 Å². The zero-order valence-corrected chi connectivity index (χ0v) is 22.5. The second kappa shape index (κ2) is 10.9. The third kappa shape index (κ3) is 6.45. The summed E-state index contributed by atoms with van der Waals surface area (Å²) in [6, 6.07) is 7.37. The molecular formula is C25H26ClF4N3O2S2. The molecule has 1 aliphatic carbocycles. The molecule has 5 nitrogen and oxygen atoms in total. The predicted molar refractivity (Wildman–Crippen MR) is 137 cm³/mol. The largest absolute Gasteiger partial charge is 0.416 e. The highest BCUT2D eigenvalue weighted by atomic mass is 35.5. The number of nitrogens with zero attached hydrogens (tertiary/aromatic N) is 2. The van der Waals surface area contributed by atoms with Crippen LogP contribution in [0.1, 0.15) is 41.3 Å². The minimum absolute atomic E-state index is 0.0663. The van der Waals surface area contributed by atoms with Crippen molar-refractivity contribution >= 4 is 38.5 Å². The van der Waals surface area contributed by atoms with Gasteiger partial charge in [-0.15, -0.1) is 11.3 Å². The van der Waals surface area contributed by atoms with Crippen molar-refractivity contribution in [3.8, 4) is 0 Å². The lowest BCUT2D eigenvalue weighted by Crippen LogP contribution is -2.47. The summed E-state index contributed by atoms with van der Waals surface area (Å²) in [4.78, 5) is 5.45. The number of likely N-dealkylation sites (N-methyl/N-ethyl adjacent to an activating group) is 1. The Labute approximate surface area is 222 Å². The van der Waals surface area contributed by atoms with Gasteiger partial charge in [0.1, 0.15) is 21.5 Å². The van der Waals surface area contributed by atoms with Crippen molar-refractivity contribution in [1.82, 2.24) is 9.88 Å². The lowest BCUT2D eigenvalue weighted by molar-refractivity contribution is -0.137. The SMILES string of the molecule is CN(C)[C@H]1C[C@H](c2cccc(C(F)(F)F)c2)CC[C@@H]1Nc1cc(F)c(S(=O)(=O)Cc2nccs2)cc1Cl. The molecule has 0 amide bonds. The number of halogens is 5. The van der Waals surface area contributed by atoms with Gasteiger partial charge >= 0.3 is 6.18 Å². The fraction of sp³-hybridized carbons (Fsp3) is 0.400. The first-order chi connectivity index (χ1) is 17.3. The van der Waals surface area contributed by atoms with Crippen LogP contribution < -0.4 is 5.32 Å². The Morgan fingerprint density at radius 2 is 1.95 bits per heavy atom. The van der Waals surface area contributed by atoms with E-state index in [1.54, 1.807) is 11.4 Å². The molecule has 200 valence electrons. The van der Waals surface area contributed by atoms with Crippen LogP contribution in [0.2, 0.25) is 5.02 Å². The van der Waals surface area contributed by atoms with Gasteiger partial charge in [0.25, 0.3) is 0 Å². The molecule has 2 aromatic carbocycles. The van der Waals surface area contributed by atoms with E-state index in [1.165, 1.54) is 29.7 Å². The van der Waals surface area contributed by atoms with Gasteiger partial charge in [-0.2, -0.15) is 13.2 Å². The van der Waals surface area contributed by atoms with Crippen molar-refractivity contribution in [2.75, 3.05) is 19.4 Å². The quantitative estimate of drug-likeness (QED) is 0.321. The number of benzene rings is 2. The average molecular weight is 576 g/mol. The zero-order valence-electron chi connectivity index (χ0n) is 20.1. The Morgan fingerprint density at radius 3 is 2.59 bits per heavy atom. The van der Waals surface area contributed by atoms with Gasteiger partial charge in [-0.3, -0.25) is 0 Å². The third-order valence-corrected chi connectivity index (χ3v) is 9.57. The summed E-state index contributed by atoms with van der Waals surface area (Å²) < 4.78 is 80.1. The van der Waals surface area contributed by atoms with Crippen LogP contribution in [0.15, 0.2) is 52.9 Å². The van der Waals surface area contributed by atoms with Crippen molar-refractivity contribution in [3.05, 3.63) is 74.9 Å². The Kier molecular flexibility index (Phi) is 8.18. The Morgan fingerprint density at radius 1 is 1.19 bits per heavy atom. The van der Waals surface area contributed by atoms with Gasteiger partial charge in [0.2, 0.25) is 0 Å². The molecule has 4 rings (SSSR count). The van der Waals surface area contributed by atoms with Crippen LogP contribution in [0.3, 0.4) is 0 Å². The molecule has 1 aromatic heterocycles. The predicted octanol–water partition coefficient (Wildman–Crippen LogP) is 6.61. The van der Waals surface area contributed by atoms with Crippen LogP contribution in [0.4, 0.5) is 23.2 Å². The number of nitrogens with one attached hydrogen (secondary N) is 1. The molecule has 0 bridgehead atoms. The maximum Gasteiger partial charge on any atom is 0.416 e. The van der Waals surface area contributed by atoms with Gasteiger partial charge < -0.3 is 10.2 Å². The molecule has 12 heteroatoms. The van der Waals surface area contributed by atoms with E-state index in [4.69, 9.17) is 11.6 Å². The molecule has 0 radical (unpaired) electrons. The monoisotopic (exact) mass is 575 g/mol. The molecule has 1 aliphatic rings. The number of sulfone groups is 1. The van der Waals surface area contributed by atoms with E-state index >= 15 is 0 Å². The molecule has 0 aliphatic heterocycles. The second-order valence-corrected chi connectivity index (χ2v) is 12.7. The number of hydrogen-bond acceptors (Lipinski definition) is 6. The van der Waals surface area contributed by atoms with Crippen molar-refractivity contribution in [3.63, 3.8) is 0 Å². The Balaban J connectivity index is 1.52. The lowest BCUT2D eigenvalue weighted by Gasteiger charge is -2.41. The van der Waals surface area contributed by atoms with E-state index in [0.717, 1.165) is 18.2 Å². The summed E-state index contributed by atoms with van der Waals surface area (Å²) in [5, 5.41) is 5.31. The highest BCUT2D eigenvalue weighted by Gasteiger charge is 2.35. The topological polar surface area (TPSA) is 62.3 Å².